The Labute approximate surface area is 155 Å². The van der Waals surface area contributed by atoms with E-state index in [0.717, 1.165) is 5.56 Å². The molecule has 0 aliphatic heterocycles. The van der Waals surface area contributed by atoms with Crippen molar-refractivity contribution in [3.05, 3.63) is 74.6 Å². The van der Waals surface area contributed by atoms with E-state index in [-0.39, 0.29) is 12.0 Å². The van der Waals surface area contributed by atoms with Crippen LogP contribution in [0.4, 0.5) is 0 Å². The van der Waals surface area contributed by atoms with Gasteiger partial charge in [0.25, 0.3) is 0 Å². The number of benzene rings is 2. The van der Waals surface area contributed by atoms with Crippen molar-refractivity contribution in [1.82, 2.24) is 0 Å². The Morgan fingerprint density at radius 3 is 2.62 bits per heavy atom. The molecule has 0 saturated heterocycles. The molecule has 0 bridgehead atoms. The monoisotopic (exact) mass is 372 g/mol. The molecule has 26 heavy (non-hydrogen) atoms. The van der Waals surface area contributed by atoms with E-state index in [2.05, 4.69) is 4.74 Å². The van der Waals surface area contributed by atoms with E-state index < -0.39 is 11.6 Å². The normalized spacial score (nSPS) is 10.7. The zero-order valence-corrected chi connectivity index (χ0v) is 15.1. The van der Waals surface area contributed by atoms with Crippen LogP contribution in [0, 0.1) is 6.92 Å². The smallest absolute Gasteiger partial charge is 0.340 e. The summed E-state index contributed by atoms with van der Waals surface area (Å²) in [6.07, 6.45) is -0.148. The lowest BCUT2D eigenvalue weighted by atomic mass is 10.0. The van der Waals surface area contributed by atoms with Gasteiger partial charge < -0.3 is 13.9 Å². The molecule has 0 N–H and O–H groups in total. The van der Waals surface area contributed by atoms with E-state index in [4.69, 9.17) is 20.8 Å². The summed E-state index contributed by atoms with van der Waals surface area (Å²) >= 11 is 6.33. The molecular weight excluding hydrogens is 356 g/mol. The molecule has 1 heterocycles. The van der Waals surface area contributed by atoms with Crippen LogP contribution in [0.2, 0.25) is 5.02 Å². The SMILES string of the molecule is COC(=O)Cc1c(C)c2cc(Cl)c(OCc3ccccc3)cc2oc1=O. The van der Waals surface area contributed by atoms with E-state index in [1.54, 1.807) is 19.1 Å². The minimum atomic E-state index is -0.572. The van der Waals surface area contributed by atoms with Gasteiger partial charge in [-0.05, 0) is 24.1 Å². The first-order chi connectivity index (χ1) is 12.5. The predicted molar refractivity (Wildman–Crippen MR) is 98.7 cm³/mol. The summed E-state index contributed by atoms with van der Waals surface area (Å²) in [5, 5.41) is 1.05. The molecule has 0 spiro atoms. The maximum atomic E-state index is 12.2. The quantitative estimate of drug-likeness (QED) is 0.499. The number of hydrogen-bond donors (Lipinski definition) is 0. The molecule has 3 aromatic rings. The lowest BCUT2D eigenvalue weighted by Crippen LogP contribution is -2.16. The molecule has 2 aromatic carbocycles. The summed E-state index contributed by atoms with van der Waals surface area (Å²) in [6, 6.07) is 12.9. The fourth-order valence-corrected chi connectivity index (χ4v) is 2.87. The molecule has 6 heteroatoms. The van der Waals surface area contributed by atoms with E-state index in [1.165, 1.54) is 7.11 Å². The number of fused-ring (bicyclic) bond motifs is 1. The molecule has 0 aliphatic carbocycles. The minimum Gasteiger partial charge on any atom is -0.487 e. The zero-order chi connectivity index (χ0) is 18.7. The van der Waals surface area contributed by atoms with Crippen molar-refractivity contribution in [1.29, 1.82) is 0 Å². The van der Waals surface area contributed by atoms with Crippen molar-refractivity contribution < 1.29 is 18.7 Å². The maximum Gasteiger partial charge on any atom is 0.340 e. The Kier molecular flexibility index (Phi) is 5.28. The van der Waals surface area contributed by atoms with Crippen molar-refractivity contribution in [3.63, 3.8) is 0 Å². The summed E-state index contributed by atoms with van der Waals surface area (Å²) < 4.78 is 15.7. The highest BCUT2D eigenvalue weighted by atomic mass is 35.5. The summed E-state index contributed by atoms with van der Waals surface area (Å²) in [6.45, 7) is 2.09. The molecule has 0 amide bonds. The number of hydrogen-bond acceptors (Lipinski definition) is 5. The Balaban J connectivity index is 1.97. The van der Waals surface area contributed by atoms with Crippen LogP contribution in [-0.2, 0) is 22.6 Å². The van der Waals surface area contributed by atoms with Crippen LogP contribution in [0.25, 0.3) is 11.0 Å². The molecule has 1 aromatic heterocycles. The first-order valence-corrected chi connectivity index (χ1v) is 8.36. The largest absolute Gasteiger partial charge is 0.487 e. The highest BCUT2D eigenvalue weighted by molar-refractivity contribution is 6.32. The first-order valence-electron chi connectivity index (χ1n) is 7.99. The average molecular weight is 373 g/mol. The summed E-state index contributed by atoms with van der Waals surface area (Å²) in [5.74, 6) is -0.0834. The third-order valence-electron chi connectivity index (χ3n) is 4.13. The predicted octanol–water partition coefficient (Wildman–Crippen LogP) is 4.05. The van der Waals surface area contributed by atoms with Crippen LogP contribution < -0.4 is 10.4 Å². The van der Waals surface area contributed by atoms with Gasteiger partial charge in [-0.25, -0.2) is 4.79 Å². The fraction of sp³-hybridized carbons (Fsp3) is 0.200. The van der Waals surface area contributed by atoms with Crippen molar-refractivity contribution in [2.45, 2.75) is 20.0 Å². The van der Waals surface area contributed by atoms with Crippen molar-refractivity contribution in [3.8, 4) is 5.75 Å². The van der Waals surface area contributed by atoms with Gasteiger partial charge in [-0.15, -0.1) is 0 Å². The molecule has 3 rings (SSSR count). The molecule has 134 valence electrons. The standard InChI is InChI=1S/C20H17ClO5/c1-12-14-8-16(21)18(25-11-13-6-4-3-5-7-13)10-17(14)26-20(23)15(12)9-19(22)24-2/h3-8,10H,9,11H2,1-2H3. The molecule has 0 atom stereocenters. The van der Waals surface area contributed by atoms with Crippen LogP contribution in [-0.4, -0.2) is 13.1 Å². The number of rotatable bonds is 5. The van der Waals surface area contributed by atoms with Gasteiger partial charge in [0, 0.05) is 11.5 Å². The van der Waals surface area contributed by atoms with Crippen LogP contribution in [0.3, 0.4) is 0 Å². The van der Waals surface area contributed by atoms with Crippen molar-refractivity contribution in [2.24, 2.45) is 0 Å². The second-order valence-corrected chi connectivity index (χ2v) is 6.21. The van der Waals surface area contributed by atoms with E-state index in [1.807, 2.05) is 30.3 Å². The lowest BCUT2D eigenvalue weighted by molar-refractivity contribution is -0.139. The second-order valence-electron chi connectivity index (χ2n) is 5.80. The van der Waals surface area contributed by atoms with Crippen LogP contribution in [0.5, 0.6) is 5.75 Å². The molecular formula is C20H17ClO5. The molecule has 0 aliphatic rings. The van der Waals surface area contributed by atoms with Crippen molar-refractivity contribution in [2.75, 3.05) is 7.11 Å². The Morgan fingerprint density at radius 2 is 1.92 bits per heavy atom. The Morgan fingerprint density at radius 1 is 1.19 bits per heavy atom. The number of carbonyl (C=O) groups excluding carboxylic acids is 1. The topological polar surface area (TPSA) is 65.7 Å². The molecule has 0 fully saturated rings. The average Bonchev–Trinajstić information content (AvgIpc) is 2.65. The molecule has 0 unspecified atom stereocenters. The third kappa shape index (κ3) is 3.73. The highest BCUT2D eigenvalue weighted by Gasteiger charge is 2.17. The van der Waals surface area contributed by atoms with Crippen LogP contribution >= 0.6 is 11.6 Å². The summed E-state index contributed by atoms with van der Waals surface area (Å²) in [7, 11) is 1.27. The van der Waals surface area contributed by atoms with E-state index in [9.17, 15) is 9.59 Å². The van der Waals surface area contributed by atoms with Crippen molar-refractivity contribution >= 4 is 28.5 Å². The number of aryl methyl sites for hydroxylation is 1. The molecule has 5 nitrogen and oxygen atoms in total. The zero-order valence-electron chi connectivity index (χ0n) is 14.4. The minimum absolute atomic E-state index is 0.148. The van der Waals surface area contributed by atoms with Gasteiger partial charge in [0.2, 0.25) is 0 Å². The Hall–Kier alpha value is -2.79. The van der Waals surface area contributed by atoms with Gasteiger partial charge in [0.15, 0.2) is 0 Å². The maximum absolute atomic E-state index is 12.2. The summed E-state index contributed by atoms with van der Waals surface area (Å²) in [5.41, 5.74) is 1.68. The van der Waals surface area contributed by atoms with E-state index >= 15 is 0 Å². The molecule has 0 radical (unpaired) electrons. The first kappa shape index (κ1) is 18.0. The number of esters is 1. The fourth-order valence-electron chi connectivity index (χ4n) is 2.66. The highest BCUT2D eigenvalue weighted by Crippen LogP contribution is 2.32. The van der Waals surface area contributed by atoms with E-state index in [0.29, 0.717) is 33.9 Å². The van der Waals surface area contributed by atoms with Gasteiger partial charge in [-0.1, -0.05) is 41.9 Å². The number of methoxy groups -OCH3 is 1. The Bertz CT molecular complexity index is 1010. The van der Waals surface area contributed by atoms with Crippen LogP contribution in [0.15, 0.2) is 51.7 Å². The van der Waals surface area contributed by atoms with Gasteiger partial charge in [-0.2, -0.15) is 0 Å². The summed E-state index contributed by atoms with van der Waals surface area (Å²) in [4.78, 5) is 23.7. The lowest BCUT2D eigenvalue weighted by Gasteiger charge is -2.11. The third-order valence-corrected chi connectivity index (χ3v) is 4.42. The number of carbonyl (C=O) groups is 1. The number of ether oxygens (including phenoxy) is 2. The van der Waals surface area contributed by atoms with Gasteiger partial charge in [-0.3, -0.25) is 4.79 Å². The number of halogens is 1. The van der Waals surface area contributed by atoms with Gasteiger partial charge >= 0.3 is 11.6 Å². The van der Waals surface area contributed by atoms with Gasteiger partial charge in [0.1, 0.15) is 17.9 Å². The second kappa shape index (κ2) is 7.62. The molecule has 0 saturated carbocycles. The van der Waals surface area contributed by atoms with Crippen LogP contribution in [0.1, 0.15) is 16.7 Å². The van der Waals surface area contributed by atoms with Gasteiger partial charge in [0.05, 0.1) is 24.1 Å².